The molecule has 1 unspecified atom stereocenters. The van der Waals surface area contributed by atoms with E-state index in [9.17, 15) is 9.59 Å². The summed E-state index contributed by atoms with van der Waals surface area (Å²) in [6.07, 6.45) is 4.12. The van der Waals surface area contributed by atoms with Gasteiger partial charge in [-0.1, -0.05) is 19.1 Å². The number of amides is 1. The second-order valence-corrected chi connectivity index (χ2v) is 6.45. The molecule has 1 aliphatic heterocycles. The van der Waals surface area contributed by atoms with Gasteiger partial charge in [0.1, 0.15) is 5.75 Å². The number of nitrogens with zero attached hydrogens (tertiary/aromatic N) is 1. The second kappa shape index (κ2) is 9.30. The number of piperidine rings is 1. The summed E-state index contributed by atoms with van der Waals surface area (Å²) in [6, 6.07) is 7.70. The summed E-state index contributed by atoms with van der Waals surface area (Å²) in [5.41, 5.74) is 0.960. The molecule has 0 saturated carbocycles. The fourth-order valence-corrected chi connectivity index (χ4v) is 3.11. The van der Waals surface area contributed by atoms with E-state index in [1.54, 1.807) is 0 Å². The lowest BCUT2D eigenvalue weighted by Gasteiger charge is -2.32. The van der Waals surface area contributed by atoms with Crippen LogP contribution in [0.15, 0.2) is 24.3 Å². The average molecular weight is 333 g/mol. The van der Waals surface area contributed by atoms with Crippen molar-refractivity contribution in [2.75, 3.05) is 19.7 Å². The van der Waals surface area contributed by atoms with Gasteiger partial charge in [0.25, 0.3) is 0 Å². The Labute approximate surface area is 143 Å². The van der Waals surface area contributed by atoms with Gasteiger partial charge in [-0.15, -0.1) is 0 Å². The zero-order chi connectivity index (χ0) is 17.4. The zero-order valence-corrected chi connectivity index (χ0v) is 14.4. The minimum atomic E-state index is -0.762. The Morgan fingerprint density at radius 3 is 2.96 bits per heavy atom. The molecule has 1 aliphatic rings. The number of carbonyl (C=O) groups is 2. The molecule has 5 heteroatoms. The Hall–Kier alpha value is -2.04. The van der Waals surface area contributed by atoms with E-state index in [1.165, 1.54) is 0 Å². The van der Waals surface area contributed by atoms with Crippen LogP contribution in [0, 0.1) is 5.92 Å². The molecule has 0 bridgehead atoms. The highest BCUT2D eigenvalue weighted by Crippen LogP contribution is 2.22. The van der Waals surface area contributed by atoms with E-state index in [-0.39, 0.29) is 12.3 Å². The van der Waals surface area contributed by atoms with E-state index in [2.05, 4.69) is 6.92 Å². The molecule has 1 aromatic rings. The highest BCUT2D eigenvalue weighted by Gasteiger charge is 2.24. The standard InChI is InChI=1S/C19H27NO4/c1-2-11-24-17-7-3-5-16(12-17)13-18(21)20-10-4-6-15(14-20)8-9-19(22)23/h3,5,7,12,15H,2,4,6,8-11,13-14H2,1H3,(H,22,23). The fourth-order valence-electron chi connectivity index (χ4n) is 3.11. The van der Waals surface area contributed by atoms with Crippen LogP contribution in [0.2, 0.25) is 0 Å². The summed E-state index contributed by atoms with van der Waals surface area (Å²) in [4.78, 5) is 25.1. The normalized spacial score (nSPS) is 17.5. The van der Waals surface area contributed by atoms with Crippen LogP contribution in [0.25, 0.3) is 0 Å². The number of rotatable bonds is 8. The highest BCUT2D eigenvalue weighted by atomic mass is 16.5. The summed E-state index contributed by atoms with van der Waals surface area (Å²) in [7, 11) is 0. The van der Waals surface area contributed by atoms with E-state index < -0.39 is 5.97 Å². The summed E-state index contributed by atoms with van der Waals surface area (Å²) >= 11 is 0. The van der Waals surface area contributed by atoms with Crippen molar-refractivity contribution in [1.29, 1.82) is 0 Å². The molecular formula is C19H27NO4. The molecule has 1 N–H and O–H groups in total. The Kier molecular flexibility index (Phi) is 7.09. The van der Waals surface area contributed by atoms with Gasteiger partial charge in [-0.25, -0.2) is 0 Å². The van der Waals surface area contributed by atoms with Crippen LogP contribution in [0.5, 0.6) is 5.75 Å². The molecule has 0 radical (unpaired) electrons. The number of aliphatic carboxylic acids is 1. The van der Waals surface area contributed by atoms with Gasteiger partial charge in [-0.3, -0.25) is 9.59 Å². The summed E-state index contributed by atoms with van der Waals surface area (Å²) in [5, 5.41) is 8.81. The first kappa shape index (κ1) is 18.3. The maximum atomic E-state index is 12.5. The Morgan fingerprint density at radius 2 is 2.21 bits per heavy atom. The van der Waals surface area contributed by atoms with E-state index >= 15 is 0 Å². The molecule has 1 saturated heterocycles. The van der Waals surface area contributed by atoms with Crippen molar-refractivity contribution in [1.82, 2.24) is 4.90 Å². The SMILES string of the molecule is CCCOc1cccc(CC(=O)N2CCCC(CCC(=O)O)C2)c1. The van der Waals surface area contributed by atoms with Gasteiger partial charge in [0.15, 0.2) is 0 Å². The van der Waals surface area contributed by atoms with E-state index in [0.717, 1.165) is 37.1 Å². The van der Waals surface area contributed by atoms with E-state index in [0.29, 0.717) is 31.9 Å². The Balaban J connectivity index is 1.88. The first-order valence-electron chi connectivity index (χ1n) is 8.79. The van der Waals surface area contributed by atoms with Crippen molar-refractivity contribution in [3.63, 3.8) is 0 Å². The number of hydrogen-bond donors (Lipinski definition) is 1. The molecule has 1 fully saturated rings. The van der Waals surface area contributed by atoms with Crippen LogP contribution in [-0.2, 0) is 16.0 Å². The number of hydrogen-bond acceptors (Lipinski definition) is 3. The molecule has 1 aromatic carbocycles. The maximum Gasteiger partial charge on any atom is 0.303 e. The van der Waals surface area contributed by atoms with Gasteiger partial charge in [-0.2, -0.15) is 0 Å². The largest absolute Gasteiger partial charge is 0.494 e. The van der Waals surface area contributed by atoms with Crippen LogP contribution in [0.3, 0.4) is 0 Å². The van der Waals surface area contributed by atoms with E-state index in [1.807, 2.05) is 29.2 Å². The topological polar surface area (TPSA) is 66.8 Å². The number of ether oxygens (including phenoxy) is 1. The summed E-state index contributed by atoms with van der Waals surface area (Å²) in [5.74, 6) is 0.461. The predicted octanol–water partition coefficient (Wildman–Crippen LogP) is 3.12. The van der Waals surface area contributed by atoms with Crippen molar-refractivity contribution in [3.8, 4) is 5.75 Å². The van der Waals surface area contributed by atoms with Gasteiger partial charge < -0.3 is 14.7 Å². The molecule has 0 aliphatic carbocycles. The minimum Gasteiger partial charge on any atom is -0.494 e. The first-order valence-corrected chi connectivity index (χ1v) is 8.79. The molecule has 1 heterocycles. The number of benzene rings is 1. The monoisotopic (exact) mass is 333 g/mol. The lowest BCUT2D eigenvalue weighted by molar-refractivity contribution is -0.137. The number of carboxylic acid groups (broad SMARTS) is 1. The number of carboxylic acids is 1. The van der Waals surface area contributed by atoms with Crippen molar-refractivity contribution >= 4 is 11.9 Å². The third-order valence-electron chi connectivity index (χ3n) is 4.36. The fraction of sp³-hybridized carbons (Fsp3) is 0.579. The quantitative estimate of drug-likeness (QED) is 0.794. The maximum absolute atomic E-state index is 12.5. The molecule has 5 nitrogen and oxygen atoms in total. The molecule has 132 valence electrons. The predicted molar refractivity (Wildman–Crippen MR) is 92.1 cm³/mol. The van der Waals surface area contributed by atoms with Gasteiger partial charge in [0.05, 0.1) is 13.0 Å². The molecule has 24 heavy (non-hydrogen) atoms. The minimum absolute atomic E-state index is 0.114. The summed E-state index contributed by atoms with van der Waals surface area (Å²) in [6.45, 7) is 4.19. The van der Waals surface area contributed by atoms with Crippen molar-refractivity contribution in [3.05, 3.63) is 29.8 Å². The Morgan fingerprint density at radius 1 is 1.38 bits per heavy atom. The van der Waals surface area contributed by atoms with Gasteiger partial charge >= 0.3 is 5.97 Å². The second-order valence-electron chi connectivity index (χ2n) is 6.45. The smallest absolute Gasteiger partial charge is 0.303 e. The van der Waals surface area contributed by atoms with Crippen molar-refractivity contribution < 1.29 is 19.4 Å². The Bertz CT molecular complexity index is 558. The number of carbonyl (C=O) groups excluding carboxylic acids is 1. The van der Waals surface area contributed by atoms with E-state index in [4.69, 9.17) is 9.84 Å². The van der Waals surface area contributed by atoms with Crippen LogP contribution < -0.4 is 4.74 Å². The molecular weight excluding hydrogens is 306 g/mol. The van der Waals surface area contributed by atoms with Gasteiger partial charge in [0, 0.05) is 19.5 Å². The third-order valence-corrected chi connectivity index (χ3v) is 4.36. The van der Waals surface area contributed by atoms with Crippen LogP contribution in [0.1, 0.15) is 44.6 Å². The first-order chi connectivity index (χ1) is 11.6. The molecule has 0 spiro atoms. The average Bonchev–Trinajstić information content (AvgIpc) is 2.58. The van der Waals surface area contributed by atoms with Crippen LogP contribution in [-0.4, -0.2) is 41.6 Å². The summed E-state index contributed by atoms with van der Waals surface area (Å²) < 4.78 is 5.61. The lowest BCUT2D eigenvalue weighted by Crippen LogP contribution is -2.40. The van der Waals surface area contributed by atoms with Crippen molar-refractivity contribution in [2.45, 2.75) is 45.4 Å². The third kappa shape index (κ3) is 5.87. The molecule has 2 rings (SSSR count). The zero-order valence-electron chi connectivity index (χ0n) is 14.4. The van der Waals surface area contributed by atoms with Crippen LogP contribution in [0.4, 0.5) is 0 Å². The molecule has 1 amide bonds. The molecule has 1 atom stereocenters. The van der Waals surface area contributed by atoms with Gasteiger partial charge in [0.2, 0.25) is 5.91 Å². The number of likely N-dealkylation sites (tertiary alicyclic amines) is 1. The van der Waals surface area contributed by atoms with Gasteiger partial charge in [-0.05, 0) is 49.3 Å². The van der Waals surface area contributed by atoms with Crippen LogP contribution >= 0.6 is 0 Å². The lowest BCUT2D eigenvalue weighted by atomic mass is 9.93. The highest BCUT2D eigenvalue weighted by molar-refractivity contribution is 5.79. The van der Waals surface area contributed by atoms with Crippen molar-refractivity contribution in [2.24, 2.45) is 5.92 Å². The molecule has 0 aromatic heterocycles.